The molecule has 2 aromatic rings. The van der Waals surface area contributed by atoms with Crippen LogP contribution in [-0.2, 0) is 0 Å². The maximum absolute atomic E-state index is 13.2. The second kappa shape index (κ2) is 4.63. The molecule has 2 N–H and O–H groups in total. The van der Waals surface area contributed by atoms with Gasteiger partial charge in [-0.25, -0.2) is 4.39 Å². The van der Waals surface area contributed by atoms with Crippen LogP contribution in [0.3, 0.4) is 0 Å². The Kier molecular flexibility index (Phi) is 3.20. The molecular formula is C13H12ClFN2. The van der Waals surface area contributed by atoms with E-state index in [0.717, 1.165) is 5.69 Å². The number of nitrogens with two attached hydrogens (primary N) is 1. The molecule has 0 radical (unpaired) electrons. The van der Waals surface area contributed by atoms with Gasteiger partial charge >= 0.3 is 0 Å². The number of halogens is 2. The molecule has 0 aliphatic rings. The third-order valence-corrected chi connectivity index (χ3v) is 2.86. The van der Waals surface area contributed by atoms with Crippen LogP contribution in [0.4, 0.5) is 21.5 Å². The maximum Gasteiger partial charge on any atom is 0.143 e. The zero-order valence-corrected chi connectivity index (χ0v) is 10.1. The monoisotopic (exact) mass is 250 g/mol. The average Bonchev–Trinajstić information content (AvgIpc) is 2.34. The minimum absolute atomic E-state index is 0.0666. The predicted octanol–water partition coefficient (Wildman–Crippen LogP) is 3.83. The van der Waals surface area contributed by atoms with Crippen LogP contribution in [0.5, 0.6) is 0 Å². The standard InChI is InChI=1S/C13H12ClFN2/c1-17(9-5-3-2-4-6-9)13-7-10(14)11(15)8-12(13)16/h2-8H,16H2,1H3. The third-order valence-electron chi connectivity index (χ3n) is 2.57. The zero-order chi connectivity index (χ0) is 12.4. The van der Waals surface area contributed by atoms with E-state index in [1.165, 1.54) is 12.1 Å². The summed E-state index contributed by atoms with van der Waals surface area (Å²) in [5, 5.41) is 0.0666. The van der Waals surface area contributed by atoms with Gasteiger partial charge in [-0.15, -0.1) is 0 Å². The number of anilines is 3. The van der Waals surface area contributed by atoms with E-state index < -0.39 is 5.82 Å². The normalized spacial score (nSPS) is 10.3. The smallest absolute Gasteiger partial charge is 0.143 e. The average molecular weight is 251 g/mol. The summed E-state index contributed by atoms with van der Waals surface area (Å²) in [7, 11) is 1.86. The van der Waals surface area contributed by atoms with Crippen molar-refractivity contribution in [1.29, 1.82) is 0 Å². The molecule has 2 nitrogen and oxygen atoms in total. The van der Waals surface area contributed by atoms with Gasteiger partial charge in [0.1, 0.15) is 5.82 Å². The molecule has 0 amide bonds. The first-order valence-electron chi connectivity index (χ1n) is 5.13. The molecule has 0 atom stereocenters. The fraction of sp³-hybridized carbons (Fsp3) is 0.0769. The van der Waals surface area contributed by atoms with Crippen molar-refractivity contribution in [3.63, 3.8) is 0 Å². The molecule has 0 aliphatic heterocycles. The molecule has 0 fully saturated rings. The highest BCUT2D eigenvalue weighted by Gasteiger charge is 2.11. The topological polar surface area (TPSA) is 29.3 Å². The van der Waals surface area contributed by atoms with E-state index in [4.69, 9.17) is 17.3 Å². The summed E-state index contributed by atoms with van der Waals surface area (Å²) in [6, 6.07) is 12.4. The van der Waals surface area contributed by atoms with Gasteiger partial charge in [-0.1, -0.05) is 29.8 Å². The quantitative estimate of drug-likeness (QED) is 0.821. The number of para-hydroxylation sites is 1. The van der Waals surface area contributed by atoms with E-state index in [9.17, 15) is 4.39 Å². The minimum Gasteiger partial charge on any atom is -0.397 e. The van der Waals surface area contributed by atoms with Gasteiger partial charge in [0.05, 0.1) is 16.4 Å². The van der Waals surface area contributed by atoms with Gasteiger partial charge in [-0.3, -0.25) is 0 Å². The summed E-state index contributed by atoms with van der Waals surface area (Å²) in [6.45, 7) is 0. The molecule has 17 heavy (non-hydrogen) atoms. The van der Waals surface area contributed by atoms with Crippen LogP contribution < -0.4 is 10.6 Å². The Balaban J connectivity index is 2.44. The van der Waals surface area contributed by atoms with E-state index >= 15 is 0 Å². The lowest BCUT2D eigenvalue weighted by Crippen LogP contribution is -2.11. The van der Waals surface area contributed by atoms with Crippen molar-refractivity contribution in [1.82, 2.24) is 0 Å². The molecule has 0 saturated carbocycles. The first-order valence-corrected chi connectivity index (χ1v) is 5.50. The fourth-order valence-electron chi connectivity index (χ4n) is 1.63. The lowest BCUT2D eigenvalue weighted by molar-refractivity contribution is 0.629. The van der Waals surface area contributed by atoms with E-state index in [2.05, 4.69) is 0 Å². The van der Waals surface area contributed by atoms with E-state index in [1.54, 1.807) is 0 Å². The molecule has 0 spiro atoms. The molecule has 0 unspecified atom stereocenters. The van der Waals surface area contributed by atoms with Crippen LogP contribution in [-0.4, -0.2) is 7.05 Å². The molecule has 0 aromatic heterocycles. The van der Waals surface area contributed by atoms with Crippen LogP contribution in [0.25, 0.3) is 0 Å². The van der Waals surface area contributed by atoms with Crippen molar-refractivity contribution in [3.05, 3.63) is 53.3 Å². The summed E-state index contributed by atoms with van der Waals surface area (Å²) >= 11 is 5.76. The van der Waals surface area contributed by atoms with E-state index in [0.29, 0.717) is 11.4 Å². The second-order valence-corrected chi connectivity index (χ2v) is 4.13. The summed E-state index contributed by atoms with van der Waals surface area (Å²) < 4.78 is 13.2. The number of benzene rings is 2. The zero-order valence-electron chi connectivity index (χ0n) is 9.32. The van der Waals surface area contributed by atoms with Crippen molar-refractivity contribution < 1.29 is 4.39 Å². The Labute approximate surface area is 104 Å². The first kappa shape index (κ1) is 11.7. The molecule has 2 aromatic carbocycles. The first-order chi connectivity index (χ1) is 8.09. The van der Waals surface area contributed by atoms with Crippen LogP contribution in [0.1, 0.15) is 0 Å². The molecule has 4 heteroatoms. The van der Waals surface area contributed by atoms with Crippen LogP contribution in [0, 0.1) is 5.82 Å². The highest BCUT2D eigenvalue weighted by Crippen LogP contribution is 2.32. The fourth-order valence-corrected chi connectivity index (χ4v) is 1.79. The highest BCUT2D eigenvalue weighted by atomic mass is 35.5. The maximum atomic E-state index is 13.2. The van der Waals surface area contributed by atoms with Gasteiger partial charge in [0.25, 0.3) is 0 Å². The Morgan fingerprint density at radius 1 is 1.18 bits per heavy atom. The second-order valence-electron chi connectivity index (χ2n) is 3.72. The van der Waals surface area contributed by atoms with Gasteiger partial charge < -0.3 is 10.6 Å². The molecule has 0 bridgehead atoms. The highest BCUT2D eigenvalue weighted by molar-refractivity contribution is 6.31. The molecule has 0 saturated heterocycles. The SMILES string of the molecule is CN(c1ccccc1)c1cc(Cl)c(F)cc1N. The number of nitrogens with zero attached hydrogens (tertiary/aromatic N) is 1. The molecular weight excluding hydrogens is 239 g/mol. The van der Waals surface area contributed by atoms with Gasteiger partial charge in [0, 0.05) is 18.8 Å². The summed E-state index contributed by atoms with van der Waals surface area (Å²) in [5.41, 5.74) is 7.79. The van der Waals surface area contributed by atoms with Crippen molar-refractivity contribution >= 4 is 28.7 Å². The van der Waals surface area contributed by atoms with Crippen molar-refractivity contribution in [2.45, 2.75) is 0 Å². The summed E-state index contributed by atoms with van der Waals surface area (Å²) in [5.74, 6) is -0.505. The van der Waals surface area contributed by atoms with Gasteiger partial charge in [-0.2, -0.15) is 0 Å². The molecule has 0 heterocycles. The van der Waals surface area contributed by atoms with Gasteiger partial charge in [0.2, 0.25) is 0 Å². The van der Waals surface area contributed by atoms with Gasteiger partial charge in [0.15, 0.2) is 0 Å². The summed E-state index contributed by atoms with van der Waals surface area (Å²) in [6.07, 6.45) is 0. The van der Waals surface area contributed by atoms with Crippen LogP contribution >= 0.6 is 11.6 Å². The van der Waals surface area contributed by atoms with Crippen LogP contribution in [0.15, 0.2) is 42.5 Å². The minimum atomic E-state index is -0.505. The Bertz CT molecular complexity index is 528. The molecule has 2 rings (SSSR count). The van der Waals surface area contributed by atoms with Gasteiger partial charge in [-0.05, 0) is 18.2 Å². The van der Waals surface area contributed by atoms with Crippen molar-refractivity contribution in [3.8, 4) is 0 Å². The van der Waals surface area contributed by atoms with E-state index in [-0.39, 0.29) is 5.02 Å². The predicted molar refractivity (Wildman–Crippen MR) is 70.3 cm³/mol. The molecule has 0 aliphatic carbocycles. The number of hydrogen-bond acceptors (Lipinski definition) is 2. The van der Waals surface area contributed by atoms with E-state index in [1.807, 2.05) is 42.3 Å². The Morgan fingerprint density at radius 2 is 1.82 bits per heavy atom. The lowest BCUT2D eigenvalue weighted by atomic mass is 10.2. The number of nitrogen functional groups attached to an aromatic ring is 1. The van der Waals surface area contributed by atoms with Crippen molar-refractivity contribution in [2.75, 3.05) is 17.7 Å². The Morgan fingerprint density at radius 3 is 2.47 bits per heavy atom. The number of rotatable bonds is 2. The molecule has 88 valence electrons. The number of hydrogen-bond donors (Lipinski definition) is 1. The van der Waals surface area contributed by atoms with Crippen molar-refractivity contribution in [2.24, 2.45) is 0 Å². The largest absolute Gasteiger partial charge is 0.397 e. The third kappa shape index (κ3) is 2.34. The van der Waals surface area contributed by atoms with Crippen LogP contribution in [0.2, 0.25) is 5.02 Å². The summed E-state index contributed by atoms with van der Waals surface area (Å²) in [4.78, 5) is 1.86. The lowest BCUT2D eigenvalue weighted by Gasteiger charge is -2.21. The Hall–Kier alpha value is -1.74.